The van der Waals surface area contributed by atoms with Gasteiger partial charge in [0, 0.05) is 18.1 Å². The molecule has 0 saturated heterocycles. The van der Waals surface area contributed by atoms with Gasteiger partial charge in [-0.25, -0.2) is 9.18 Å². The predicted molar refractivity (Wildman–Crippen MR) is 99.4 cm³/mol. The van der Waals surface area contributed by atoms with Crippen LogP contribution in [0.4, 0.5) is 4.39 Å². The van der Waals surface area contributed by atoms with Crippen molar-refractivity contribution in [1.82, 2.24) is 9.88 Å². The number of nitrogens with zero attached hydrogens (tertiary/aromatic N) is 1. The van der Waals surface area contributed by atoms with Crippen molar-refractivity contribution in [2.45, 2.75) is 45.6 Å². The van der Waals surface area contributed by atoms with Crippen LogP contribution in [0.2, 0.25) is 0 Å². The number of benzene rings is 1. The highest BCUT2D eigenvalue weighted by Gasteiger charge is 2.28. The molecule has 2 aromatic rings. The number of carboxylic acids is 1. The maximum Gasteiger partial charge on any atom is 0.341 e. The molecule has 1 saturated carbocycles. The molecule has 2 N–H and O–H groups in total. The average Bonchev–Trinajstić information content (AvgIpc) is 3.08. The molecule has 1 aliphatic rings. The van der Waals surface area contributed by atoms with Crippen LogP contribution in [0.3, 0.4) is 0 Å². The number of pyridine rings is 1. The van der Waals surface area contributed by atoms with Crippen molar-refractivity contribution in [3.05, 3.63) is 45.5 Å². The summed E-state index contributed by atoms with van der Waals surface area (Å²) >= 11 is 0. The molecular weight excluding hydrogens is 335 g/mol. The van der Waals surface area contributed by atoms with E-state index in [4.69, 9.17) is 0 Å². The number of nitrogens with one attached hydrogen (secondary N) is 1. The molecule has 2 unspecified atom stereocenters. The number of rotatable bonds is 6. The van der Waals surface area contributed by atoms with E-state index in [1.165, 1.54) is 12.3 Å². The van der Waals surface area contributed by atoms with Gasteiger partial charge in [0.05, 0.1) is 5.52 Å². The molecule has 26 heavy (non-hydrogen) atoms. The molecule has 1 aromatic heterocycles. The predicted octanol–water partition coefficient (Wildman–Crippen LogP) is 3.35. The molecule has 1 heterocycles. The van der Waals surface area contributed by atoms with E-state index in [0.29, 0.717) is 23.5 Å². The largest absolute Gasteiger partial charge is 0.477 e. The van der Waals surface area contributed by atoms with Gasteiger partial charge in [0.2, 0.25) is 5.43 Å². The first-order chi connectivity index (χ1) is 12.5. The topological polar surface area (TPSA) is 71.3 Å². The summed E-state index contributed by atoms with van der Waals surface area (Å²) in [7, 11) is 0. The third kappa shape index (κ3) is 3.38. The third-order valence-corrected chi connectivity index (χ3v) is 5.43. The zero-order valence-electron chi connectivity index (χ0n) is 15.2. The first kappa shape index (κ1) is 18.6. The number of aromatic nitrogens is 1. The lowest BCUT2D eigenvalue weighted by Gasteiger charge is -2.16. The minimum atomic E-state index is -1.29. The number of carbonyl (C=O) groups is 1. The van der Waals surface area contributed by atoms with Gasteiger partial charge in [0.1, 0.15) is 11.4 Å². The number of hydrogen-bond acceptors (Lipinski definition) is 3. The Labute approximate surface area is 151 Å². The zero-order valence-corrected chi connectivity index (χ0v) is 15.2. The molecule has 3 rings (SSSR count). The molecule has 0 aliphatic heterocycles. The van der Waals surface area contributed by atoms with Gasteiger partial charge < -0.3 is 15.0 Å². The fourth-order valence-electron chi connectivity index (χ4n) is 4.04. The Morgan fingerprint density at radius 2 is 2.12 bits per heavy atom. The van der Waals surface area contributed by atoms with Gasteiger partial charge in [0.15, 0.2) is 0 Å². The van der Waals surface area contributed by atoms with Crippen LogP contribution >= 0.6 is 0 Å². The second-order valence-electron chi connectivity index (χ2n) is 7.04. The van der Waals surface area contributed by atoms with E-state index >= 15 is 0 Å². The van der Waals surface area contributed by atoms with Crippen molar-refractivity contribution in [2.24, 2.45) is 5.92 Å². The molecular formula is C20H25FN2O3. The molecule has 2 atom stereocenters. The molecule has 1 fully saturated rings. The van der Waals surface area contributed by atoms with E-state index in [2.05, 4.69) is 12.2 Å². The lowest BCUT2D eigenvalue weighted by atomic mass is 9.94. The molecule has 1 aromatic carbocycles. The van der Waals surface area contributed by atoms with E-state index in [0.717, 1.165) is 32.4 Å². The van der Waals surface area contributed by atoms with Crippen LogP contribution in [-0.2, 0) is 6.54 Å². The molecule has 5 nitrogen and oxygen atoms in total. The van der Waals surface area contributed by atoms with Gasteiger partial charge in [0.25, 0.3) is 0 Å². The van der Waals surface area contributed by atoms with Crippen molar-refractivity contribution < 1.29 is 14.3 Å². The average molecular weight is 360 g/mol. The monoisotopic (exact) mass is 360 g/mol. The van der Waals surface area contributed by atoms with Crippen molar-refractivity contribution >= 4 is 16.9 Å². The van der Waals surface area contributed by atoms with Gasteiger partial charge in [-0.15, -0.1) is 0 Å². The number of carboxylic acid groups (broad SMARTS) is 1. The summed E-state index contributed by atoms with van der Waals surface area (Å²) in [5.41, 5.74) is 0.298. The maximum atomic E-state index is 14.8. The summed E-state index contributed by atoms with van der Waals surface area (Å²) < 4.78 is 16.5. The summed E-state index contributed by atoms with van der Waals surface area (Å²) in [6.07, 6.45) is 4.28. The zero-order chi connectivity index (χ0) is 18.8. The van der Waals surface area contributed by atoms with Gasteiger partial charge in [-0.2, -0.15) is 0 Å². The second kappa shape index (κ2) is 7.58. The van der Waals surface area contributed by atoms with Crippen LogP contribution in [0.25, 0.3) is 10.9 Å². The van der Waals surface area contributed by atoms with E-state index in [9.17, 15) is 19.1 Å². The van der Waals surface area contributed by atoms with Gasteiger partial charge in [-0.3, -0.25) is 4.79 Å². The van der Waals surface area contributed by atoms with Crippen molar-refractivity contribution in [1.29, 1.82) is 0 Å². The summed E-state index contributed by atoms with van der Waals surface area (Å²) in [5, 5.41) is 12.7. The first-order valence-corrected chi connectivity index (χ1v) is 9.26. The summed E-state index contributed by atoms with van der Waals surface area (Å²) in [6, 6.07) is 2.98. The lowest BCUT2D eigenvalue weighted by Crippen LogP contribution is -2.21. The molecule has 0 spiro atoms. The molecule has 6 heteroatoms. The van der Waals surface area contributed by atoms with Crippen molar-refractivity contribution in [3.8, 4) is 0 Å². The summed E-state index contributed by atoms with van der Waals surface area (Å²) in [4.78, 5) is 23.7. The van der Waals surface area contributed by atoms with E-state index in [1.807, 2.05) is 6.92 Å². The highest BCUT2D eigenvalue weighted by atomic mass is 19.1. The summed E-state index contributed by atoms with van der Waals surface area (Å²) in [5.74, 6) is -1.01. The number of halogens is 1. The Morgan fingerprint density at radius 3 is 2.77 bits per heavy atom. The van der Waals surface area contributed by atoms with Crippen molar-refractivity contribution in [3.63, 3.8) is 0 Å². The third-order valence-electron chi connectivity index (χ3n) is 5.43. The minimum absolute atomic E-state index is 0.134. The minimum Gasteiger partial charge on any atom is -0.477 e. The fourth-order valence-corrected chi connectivity index (χ4v) is 4.04. The highest BCUT2D eigenvalue weighted by molar-refractivity contribution is 5.92. The van der Waals surface area contributed by atoms with E-state index in [1.54, 1.807) is 10.6 Å². The number of fused-ring (bicyclic) bond motifs is 1. The fraction of sp³-hybridized carbons (Fsp3) is 0.500. The normalized spacial score (nSPS) is 20.0. The highest BCUT2D eigenvalue weighted by Crippen LogP contribution is 2.39. The van der Waals surface area contributed by atoms with Gasteiger partial charge >= 0.3 is 5.97 Å². The Morgan fingerprint density at radius 1 is 1.35 bits per heavy atom. The molecule has 140 valence electrons. The van der Waals surface area contributed by atoms with Crippen LogP contribution in [-0.4, -0.2) is 28.7 Å². The Hall–Kier alpha value is -2.21. The molecule has 1 aliphatic carbocycles. The van der Waals surface area contributed by atoms with Gasteiger partial charge in [-0.05, 0) is 68.8 Å². The SMILES string of the molecule is CCNCC1CCC(c2cc3c(cc2F)c(=O)c(C(=O)O)cn3CC)C1. The summed E-state index contributed by atoms with van der Waals surface area (Å²) in [6.45, 7) is 6.34. The quantitative estimate of drug-likeness (QED) is 0.829. The van der Waals surface area contributed by atoms with Gasteiger partial charge in [-0.1, -0.05) is 6.92 Å². The van der Waals surface area contributed by atoms with Crippen LogP contribution < -0.4 is 10.7 Å². The molecule has 0 amide bonds. The molecule has 0 bridgehead atoms. The second-order valence-corrected chi connectivity index (χ2v) is 7.04. The maximum absolute atomic E-state index is 14.8. The standard InChI is InChI=1S/C20H25FN2O3/c1-3-22-10-12-5-6-13(7-12)14-9-18-15(8-17(14)21)19(24)16(20(25)26)11-23(18)4-2/h8-9,11-13,22H,3-7,10H2,1-2H3,(H,25,26). The molecule has 0 radical (unpaired) electrons. The van der Waals surface area contributed by atoms with Crippen LogP contribution in [0, 0.1) is 11.7 Å². The van der Waals surface area contributed by atoms with E-state index in [-0.39, 0.29) is 16.9 Å². The van der Waals surface area contributed by atoms with Crippen LogP contribution in [0.1, 0.15) is 54.9 Å². The van der Waals surface area contributed by atoms with Crippen molar-refractivity contribution in [2.75, 3.05) is 13.1 Å². The lowest BCUT2D eigenvalue weighted by molar-refractivity contribution is 0.0695. The Bertz CT molecular complexity index is 891. The van der Waals surface area contributed by atoms with Crippen LogP contribution in [0.5, 0.6) is 0 Å². The van der Waals surface area contributed by atoms with Crippen LogP contribution in [0.15, 0.2) is 23.1 Å². The first-order valence-electron chi connectivity index (χ1n) is 9.26. The number of aromatic carboxylic acids is 1. The smallest absolute Gasteiger partial charge is 0.341 e. The number of aryl methyl sites for hydroxylation is 1. The Kier molecular flexibility index (Phi) is 5.41. The van der Waals surface area contributed by atoms with E-state index < -0.39 is 17.2 Å². The number of hydrogen-bond donors (Lipinski definition) is 2. The Balaban J connectivity index is 2.04.